The number of carboxylic acid groups (broad SMARTS) is 1. The van der Waals surface area contributed by atoms with Crippen LogP contribution in [0, 0.1) is 0 Å². The van der Waals surface area contributed by atoms with Gasteiger partial charge >= 0.3 is 5.97 Å². The van der Waals surface area contributed by atoms with E-state index >= 15 is 0 Å². The van der Waals surface area contributed by atoms with E-state index in [1.165, 1.54) is 18.3 Å². The van der Waals surface area contributed by atoms with Gasteiger partial charge in [0.25, 0.3) is 5.91 Å². The van der Waals surface area contributed by atoms with Crippen LogP contribution in [0.2, 0.25) is 0 Å². The van der Waals surface area contributed by atoms with Crippen LogP contribution in [0.25, 0.3) is 0 Å². The van der Waals surface area contributed by atoms with E-state index in [1.807, 2.05) is 18.2 Å². The number of rotatable bonds is 4. The highest BCUT2D eigenvalue weighted by atomic mass is 16.6. The standard InChI is InChI=1S/C21H22N2O5/c1-21(2,3)15-8-9-16-17(10-15)28-18(12-27-16)19(24)23-22-11-13-4-6-14(7-5-13)20(25)26/h4-11,18H,12H2,1-3H3,(H,23,24)(H,25,26)/b22-11+/t18-/m0/s1. The van der Waals surface area contributed by atoms with Crippen LogP contribution in [-0.2, 0) is 10.2 Å². The number of aromatic carboxylic acids is 1. The molecule has 28 heavy (non-hydrogen) atoms. The predicted molar refractivity (Wildman–Crippen MR) is 104 cm³/mol. The summed E-state index contributed by atoms with van der Waals surface area (Å²) in [7, 11) is 0. The first kappa shape index (κ1) is 19.4. The second-order valence-corrected chi connectivity index (χ2v) is 7.49. The molecule has 0 spiro atoms. The molecular formula is C21H22N2O5. The lowest BCUT2D eigenvalue weighted by Gasteiger charge is -2.27. The zero-order valence-electron chi connectivity index (χ0n) is 15.9. The lowest BCUT2D eigenvalue weighted by atomic mass is 9.87. The fraction of sp³-hybridized carbons (Fsp3) is 0.286. The number of hydrogen-bond acceptors (Lipinski definition) is 5. The van der Waals surface area contributed by atoms with Crippen LogP contribution < -0.4 is 14.9 Å². The van der Waals surface area contributed by atoms with Crippen molar-refractivity contribution in [3.05, 3.63) is 59.2 Å². The Hall–Kier alpha value is -3.35. The summed E-state index contributed by atoms with van der Waals surface area (Å²) in [5, 5.41) is 12.8. The summed E-state index contributed by atoms with van der Waals surface area (Å²) in [6, 6.07) is 11.9. The third kappa shape index (κ3) is 4.49. The van der Waals surface area contributed by atoms with Gasteiger partial charge in [-0.25, -0.2) is 10.2 Å². The molecule has 0 aromatic heterocycles. The van der Waals surface area contributed by atoms with Crippen LogP contribution in [0.15, 0.2) is 47.6 Å². The summed E-state index contributed by atoms with van der Waals surface area (Å²) < 4.78 is 11.4. The number of fused-ring (bicyclic) bond motifs is 1. The first-order valence-corrected chi connectivity index (χ1v) is 8.84. The average Bonchev–Trinajstić information content (AvgIpc) is 2.66. The Balaban J connectivity index is 1.62. The van der Waals surface area contributed by atoms with Crippen LogP contribution in [0.4, 0.5) is 0 Å². The van der Waals surface area contributed by atoms with E-state index in [4.69, 9.17) is 14.6 Å². The highest BCUT2D eigenvalue weighted by molar-refractivity contribution is 5.89. The Morgan fingerprint density at radius 3 is 2.50 bits per heavy atom. The van der Waals surface area contributed by atoms with E-state index in [2.05, 4.69) is 31.3 Å². The molecule has 2 aromatic rings. The number of nitrogens with zero attached hydrogens (tertiary/aromatic N) is 1. The Bertz CT molecular complexity index is 913. The number of benzene rings is 2. The van der Waals surface area contributed by atoms with Crippen molar-refractivity contribution in [2.24, 2.45) is 5.10 Å². The molecule has 0 aliphatic carbocycles. The molecule has 2 aromatic carbocycles. The van der Waals surface area contributed by atoms with E-state index in [9.17, 15) is 9.59 Å². The Morgan fingerprint density at radius 2 is 1.86 bits per heavy atom. The summed E-state index contributed by atoms with van der Waals surface area (Å²) in [6.45, 7) is 6.39. The summed E-state index contributed by atoms with van der Waals surface area (Å²) >= 11 is 0. The molecular weight excluding hydrogens is 360 g/mol. The molecule has 1 atom stereocenters. The van der Waals surface area contributed by atoms with Crippen molar-refractivity contribution in [2.45, 2.75) is 32.3 Å². The molecule has 0 saturated carbocycles. The minimum Gasteiger partial charge on any atom is -0.485 e. The highest BCUT2D eigenvalue weighted by Gasteiger charge is 2.28. The third-order valence-corrected chi connectivity index (χ3v) is 4.31. The number of hydrogen-bond donors (Lipinski definition) is 2. The summed E-state index contributed by atoms with van der Waals surface area (Å²) in [6.07, 6.45) is 0.619. The van der Waals surface area contributed by atoms with Gasteiger partial charge in [-0.15, -0.1) is 0 Å². The number of hydrazone groups is 1. The van der Waals surface area contributed by atoms with Crippen molar-refractivity contribution in [3.8, 4) is 11.5 Å². The summed E-state index contributed by atoms with van der Waals surface area (Å²) in [5.74, 6) is -0.280. The molecule has 0 bridgehead atoms. The van der Waals surface area contributed by atoms with E-state index in [-0.39, 0.29) is 17.6 Å². The van der Waals surface area contributed by atoms with Gasteiger partial charge in [-0.1, -0.05) is 39.0 Å². The van der Waals surface area contributed by atoms with Gasteiger partial charge in [0, 0.05) is 0 Å². The normalized spacial score (nSPS) is 16.0. The van der Waals surface area contributed by atoms with E-state index in [0.717, 1.165) is 5.56 Å². The van der Waals surface area contributed by atoms with Crippen LogP contribution in [0.3, 0.4) is 0 Å². The van der Waals surface area contributed by atoms with Gasteiger partial charge in [0.15, 0.2) is 11.5 Å². The quantitative estimate of drug-likeness (QED) is 0.626. The zero-order chi connectivity index (χ0) is 20.3. The van der Waals surface area contributed by atoms with Gasteiger partial charge in [0.05, 0.1) is 11.8 Å². The topological polar surface area (TPSA) is 97.2 Å². The Morgan fingerprint density at radius 1 is 1.14 bits per heavy atom. The molecule has 1 heterocycles. The van der Waals surface area contributed by atoms with Gasteiger partial charge in [0.2, 0.25) is 6.10 Å². The van der Waals surface area contributed by atoms with Gasteiger partial charge in [-0.3, -0.25) is 4.79 Å². The maximum atomic E-state index is 12.3. The molecule has 1 amide bonds. The fourth-order valence-corrected chi connectivity index (χ4v) is 2.62. The maximum absolute atomic E-state index is 12.3. The molecule has 7 heteroatoms. The van der Waals surface area contributed by atoms with Crippen LogP contribution in [-0.4, -0.2) is 35.9 Å². The van der Waals surface area contributed by atoms with Crippen molar-refractivity contribution in [2.75, 3.05) is 6.61 Å². The van der Waals surface area contributed by atoms with Gasteiger partial charge < -0.3 is 14.6 Å². The summed E-state index contributed by atoms with van der Waals surface area (Å²) in [4.78, 5) is 23.2. The van der Waals surface area contributed by atoms with Crippen molar-refractivity contribution in [1.29, 1.82) is 0 Å². The Kier molecular flexibility index (Phi) is 5.35. The lowest BCUT2D eigenvalue weighted by Crippen LogP contribution is -2.42. The second kappa shape index (κ2) is 7.72. The van der Waals surface area contributed by atoms with Crippen LogP contribution in [0.5, 0.6) is 11.5 Å². The van der Waals surface area contributed by atoms with Crippen molar-refractivity contribution in [3.63, 3.8) is 0 Å². The van der Waals surface area contributed by atoms with Gasteiger partial charge in [0.1, 0.15) is 6.61 Å². The monoisotopic (exact) mass is 382 g/mol. The predicted octanol–water partition coefficient (Wildman–Crippen LogP) is 2.97. The Labute approximate surface area is 163 Å². The fourth-order valence-electron chi connectivity index (χ4n) is 2.62. The minimum absolute atomic E-state index is 0.0475. The molecule has 0 unspecified atom stereocenters. The smallest absolute Gasteiger partial charge is 0.335 e. The molecule has 0 radical (unpaired) electrons. The molecule has 0 fully saturated rings. The summed E-state index contributed by atoms with van der Waals surface area (Å²) in [5.41, 5.74) is 4.30. The molecule has 3 rings (SSSR count). The van der Waals surface area contributed by atoms with E-state index in [0.29, 0.717) is 17.1 Å². The highest BCUT2D eigenvalue weighted by Crippen LogP contribution is 2.36. The zero-order valence-corrected chi connectivity index (χ0v) is 15.9. The largest absolute Gasteiger partial charge is 0.485 e. The number of amides is 1. The number of carbonyl (C=O) groups is 2. The first-order valence-electron chi connectivity index (χ1n) is 8.84. The number of ether oxygens (including phenoxy) is 2. The number of carbonyl (C=O) groups excluding carboxylic acids is 1. The average molecular weight is 382 g/mol. The van der Waals surface area contributed by atoms with Gasteiger partial charge in [-0.2, -0.15) is 5.10 Å². The minimum atomic E-state index is -0.999. The van der Waals surface area contributed by atoms with Crippen LogP contribution in [0.1, 0.15) is 42.3 Å². The molecule has 0 saturated heterocycles. The van der Waals surface area contributed by atoms with Crippen LogP contribution >= 0.6 is 0 Å². The van der Waals surface area contributed by atoms with E-state index < -0.39 is 18.0 Å². The molecule has 2 N–H and O–H groups in total. The maximum Gasteiger partial charge on any atom is 0.335 e. The van der Waals surface area contributed by atoms with Crippen molar-refractivity contribution in [1.82, 2.24) is 5.43 Å². The third-order valence-electron chi connectivity index (χ3n) is 4.31. The molecule has 7 nitrogen and oxygen atoms in total. The number of carboxylic acids is 1. The van der Waals surface area contributed by atoms with Crippen molar-refractivity contribution >= 4 is 18.1 Å². The first-order chi connectivity index (χ1) is 13.2. The molecule has 146 valence electrons. The second-order valence-electron chi connectivity index (χ2n) is 7.49. The molecule has 1 aliphatic rings. The molecule has 1 aliphatic heterocycles. The lowest BCUT2D eigenvalue weighted by molar-refractivity contribution is -0.130. The SMILES string of the molecule is CC(C)(C)c1ccc2c(c1)O[C@H](C(=O)N/N=C/c1ccc(C(=O)O)cc1)CO2. The van der Waals surface area contributed by atoms with E-state index in [1.54, 1.807) is 12.1 Å². The number of nitrogens with one attached hydrogen (secondary N) is 1. The van der Waals surface area contributed by atoms with Gasteiger partial charge in [-0.05, 0) is 40.8 Å². The van der Waals surface area contributed by atoms with Crippen molar-refractivity contribution < 1.29 is 24.2 Å².